The zero-order chi connectivity index (χ0) is 13.4. The maximum Gasteiger partial charge on any atom is 0.236 e. The number of amides is 1. The predicted molar refractivity (Wildman–Crippen MR) is 72.9 cm³/mol. The Hall–Kier alpha value is -0.610. The molecule has 4 nitrogen and oxygen atoms in total. The van der Waals surface area contributed by atoms with E-state index in [1.165, 1.54) is 0 Å². The highest BCUT2D eigenvalue weighted by atomic mass is 16.2. The molecule has 1 unspecified atom stereocenters. The number of carbonyl (C=O) groups excluding carboxylic acids is 1. The summed E-state index contributed by atoms with van der Waals surface area (Å²) in [6.07, 6.45) is 0.873. The van der Waals surface area contributed by atoms with E-state index < -0.39 is 0 Å². The number of likely N-dealkylation sites (N-methyl/N-ethyl adjacent to an activating group) is 2. The molecule has 0 rings (SSSR count). The maximum absolute atomic E-state index is 11.9. The van der Waals surface area contributed by atoms with E-state index in [0.29, 0.717) is 12.5 Å². The highest BCUT2D eigenvalue weighted by Gasteiger charge is 2.14. The molecule has 0 bridgehead atoms. The van der Waals surface area contributed by atoms with Crippen molar-refractivity contribution in [1.82, 2.24) is 9.80 Å². The highest BCUT2D eigenvalue weighted by molar-refractivity contribution is 5.77. The van der Waals surface area contributed by atoms with Crippen LogP contribution in [0.25, 0.3) is 0 Å². The summed E-state index contributed by atoms with van der Waals surface area (Å²) < 4.78 is 0. The molecule has 0 radical (unpaired) electrons. The van der Waals surface area contributed by atoms with E-state index in [4.69, 9.17) is 5.73 Å². The predicted octanol–water partition coefficient (Wildman–Crippen LogP) is 1.16. The third-order valence-electron chi connectivity index (χ3n) is 3.33. The van der Waals surface area contributed by atoms with Gasteiger partial charge < -0.3 is 10.6 Å². The van der Waals surface area contributed by atoms with Gasteiger partial charge in [0.2, 0.25) is 5.91 Å². The minimum atomic E-state index is 0.179. The topological polar surface area (TPSA) is 49.6 Å². The lowest BCUT2D eigenvalue weighted by atomic mass is 10.0. The molecule has 0 aromatic heterocycles. The van der Waals surface area contributed by atoms with Crippen LogP contribution in [0, 0.1) is 5.92 Å². The fraction of sp³-hybridized carbons (Fsp3) is 0.923. The van der Waals surface area contributed by atoms with Crippen LogP contribution in [0.1, 0.15) is 34.1 Å². The first-order valence-electron chi connectivity index (χ1n) is 6.64. The molecule has 0 saturated heterocycles. The summed E-state index contributed by atoms with van der Waals surface area (Å²) >= 11 is 0. The van der Waals surface area contributed by atoms with E-state index in [-0.39, 0.29) is 11.9 Å². The normalized spacial score (nSPS) is 13.2. The number of nitrogens with two attached hydrogens (primary N) is 1. The Kier molecular flexibility index (Phi) is 8.17. The average Bonchev–Trinajstić information content (AvgIpc) is 2.31. The first-order chi connectivity index (χ1) is 7.92. The Morgan fingerprint density at radius 3 is 2.18 bits per heavy atom. The van der Waals surface area contributed by atoms with Gasteiger partial charge in [0.1, 0.15) is 0 Å². The van der Waals surface area contributed by atoms with Crippen LogP contribution in [0.4, 0.5) is 0 Å². The van der Waals surface area contributed by atoms with Gasteiger partial charge in [-0.15, -0.1) is 0 Å². The van der Waals surface area contributed by atoms with E-state index in [1.54, 1.807) is 4.90 Å². The van der Waals surface area contributed by atoms with Crippen LogP contribution < -0.4 is 5.73 Å². The lowest BCUT2D eigenvalue weighted by molar-refractivity contribution is -0.131. The molecule has 0 heterocycles. The van der Waals surface area contributed by atoms with Gasteiger partial charge in [0, 0.05) is 19.6 Å². The molecule has 102 valence electrons. The second-order valence-corrected chi connectivity index (χ2v) is 4.97. The second-order valence-electron chi connectivity index (χ2n) is 4.97. The molecular formula is C13H29N3O. The van der Waals surface area contributed by atoms with Crippen LogP contribution in [0.3, 0.4) is 0 Å². The van der Waals surface area contributed by atoms with E-state index in [2.05, 4.69) is 32.6 Å². The Morgan fingerprint density at radius 2 is 1.76 bits per heavy atom. The summed E-state index contributed by atoms with van der Waals surface area (Å²) in [7, 11) is 1.86. The molecule has 0 saturated carbocycles. The van der Waals surface area contributed by atoms with Crippen LogP contribution in [0.15, 0.2) is 0 Å². The standard InChI is InChI=1S/C13H29N3O/c1-6-16(7-2)10-13(17)15(5)9-8-12(14)11(3)4/h11-12H,6-10,14H2,1-5H3. The fourth-order valence-corrected chi connectivity index (χ4v) is 1.56. The molecule has 0 aliphatic heterocycles. The number of carbonyl (C=O) groups is 1. The SMILES string of the molecule is CCN(CC)CC(=O)N(C)CCC(N)C(C)C. The summed E-state index contributed by atoms with van der Waals surface area (Å²) in [6.45, 7) is 11.5. The number of rotatable bonds is 8. The summed E-state index contributed by atoms with van der Waals surface area (Å²) in [6, 6.07) is 0.179. The molecule has 0 aliphatic carbocycles. The van der Waals surface area contributed by atoms with Gasteiger partial charge in [-0.3, -0.25) is 9.69 Å². The second kappa shape index (κ2) is 8.48. The molecule has 2 N–H and O–H groups in total. The Bertz CT molecular complexity index is 215. The van der Waals surface area contributed by atoms with Crippen molar-refractivity contribution in [2.45, 2.75) is 40.2 Å². The number of hydrogen-bond acceptors (Lipinski definition) is 3. The Morgan fingerprint density at radius 1 is 1.24 bits per heavy atom. The third kappa shape index (κ3) is 6.64. The van der Waals surface area contributed by atoms with Gasteiger partial charge in [0.15, 0.2) is 0 Å². The van der Waals surface area contributed by atoms with Crippen LogP contribution in [0.5, 0.6) is 0 Å². The molecule has 0 aromatic carbocycles. The van der Waals surface area contributed by atoms with Gasteiger partial charge in [0.05, 0.1) is 6.54 Å². The van der Waals surface area contributed by atoms with Gasteiger partial charge in [-0.2, -0.15) is 0 Å². The van der Waals surface area contributed by atoms with Crippen LogP contribution in [-0.4, -0.2) is 55.0 Å². The van der Waals surface area contributed by atoms with Crippen molar-refractivity contribution < 1.29 is 4.79 Å². The smallest absolute Gasteiger partial charge is 0.236 e. The van der Waals surface area contributed by atoms with Crippen molar-refractivity contribution in [1.29, 1.82) is 0 Å². The van der Waals surface area contributed by atoms with Crippen molar-refractivity contribution in [2.24, 2.45) is 11.7 Å². The molecular weight excluding hydrogens is 214 g/mol. The zero-order valence-corrected chi connectivity index (χ0v) is 12.1. The van der Waals surface area contributed by atoms with Gasteiger partial charge in [-0.25, -0.2) is 0 Å². The van der Waals surface area contributed by atoms with E-state index in [0.717, 1.165) is 26.1 Å². The molecule has 1 atom stereocenters. The zero-order valence-electron chi connectivity index (χ0n) is 12.1. The fourth-order valence-electron chi connectivity index (χ4n) is 1.56. The van der Waals surface area contributed by atoms with Crippen LogP contribution in [0.2, 0.25) is 0 Å². The van der Waals surface area contributed by atoms with E-state index >= 15 is 0 Å². The van der Waals surface area contributed by atoms with E-state index in [9.17, 15) is 4.79 Å². The highest BCUT2D eigenvalue weighted by Crippen LogP contribution is 2.04. The lowest BCUT2D eigenvalue weighted by Crippen LogP contribution is -2.40. The lowest BCUT2D eigenvalue weighted by Gasteiger charge is -2.24. The minimum Gasteiger partial charge on any atom is -0.345 e. The molecule has 17 heavy (non-hydrogen) atoms. The van der Waals surface area contributed by atoms with Gasteiger partial charge in [-0.05, 0) is 25.4 Å². The first kappa shape index (κ1) is 16.4. The first-order valence-corrected chi connectivity index (χ1v) is 6.64. The molecule has 0 fully saturated rings. The maximum atomic E-state index is 11.9. The Balaban J connectivity index is 3.97. The molecule has 0 aromatic rings. The summed E-state index contributed by atoms with van der Waals surface area (Å²) in [5, 5.41) is 0. The van der Waals surface area contributed by atoms with Crippen molar-refractivity contribution in [3.8, 4) is 0 Å². The number of nitrogens with zero attached hydrogens (tertiary/aromatic N) is 2. The van der Waals surface area contributed by atoms with Crippen molar-refractivity contribution in [3.63, 3.8) is 0 Å². The Labute approximate surface area is 106 Å². The quantitative estimate of drug-likeness (QED) is 0.696. The van der Waals surface area contributed by atoms with Crippen molar-refractivity contribution in [3.05, 3.63) is 0 Å². The van der Waals surface area contributed by atoms with Gasteiger partial charge in [-0.1, -0.05) is 27.7 Å². The molecule has 0 aliphatic rings. The van der Waals surface area contributed by atoms with E-state index in [1.807, 2.05) is 7.05 Å². The third-order valence-corrected chi connectivity index (χ3v) is 3.33. The van der Waals surface area contributed by atoms with Gasteiger partial charge >= 0.3 is 0 Å². The van der Waals surface area contributed by atoms with Crippen molar-refractivity contribution in [2.75, 3.05) is 33.2 Å². The van der Waals surface area contributed by atoms with Gasteiger partial charge in [0.25, 0.3) is 0 Å². The number of hydrogen-bond donors (Lipinski definition) is 1. The largest absolute Gasteiger partial charge is 0.345 e. The monoisotopic (exact) mass is 243 g/mol. The molecule has 1 amide bonds. The summed E-state index contributed by atoms with van der Waals surface area (Å²) in [5.74, 6) is 0.658. The van der Waals surface area contributed by atoms with Crippen LogP contribution in [-0.2, 0) is 4.79 Å². The molecule has 0 spiro atoms. The van der Waals surface area contributed by atoms with Crippen LogP contribution >= 0.6 is 0 Å². The average molecular weight is 243 g/mol. The summed E-state index contributed by atoms with van der Waals surface area (Å²) in [4.78, 5) is 15.8. The minimum absolute atomic E-state index is 0.179. The van der Waals surface area contributed by atoms with Crippen molar-refractivity contribution >= 4 is 5.91 Å². The molecule has 4 heteroatoms. The summed E-state index contributed by atoms with van der Waals surface area (Å²) in [5.41, 5.74) is 5.97.